The third-order valence-corrected chi connectivity index (χ3v) is 3.01. The number of amides is 1. The minimum absolute atomic E-state index is 0.0158. The molecule has 0 aliphatic heterocycles. The molecule has 0 saturated heterocycles. The molecule has 0 aliphatic rings. The number of furan rings is 1. The summed E-state index contributed by atoms with van der Waals surface area (Å²) < 4.78 is 5.72. The highest BCUT2D eigenvalue weighted by Gasteiger charge is 2.19. The Labute approximate surface area is 113 Å². The second-order valence-electron chi connectivity index (χ2n) is 5.05. The maximum Gasteiger partial charge on any atom is 0.225 e. The highest BCUT2D eigenvalue weighted by atomic mass is 16.3. The van der Waals surface area contributed by atoms with Gasteiger partial charge in [-0.25, -0.2) is 0 Å². The van der Waals surface area contributed by atoms with Crippen LogP contribution in [0.3, 0.4) is 0 Å². The molecule has 19 heavy (non-hydrogen) atoms. The largest absolute Gasteiger partial charge is 0.461 e. The fraction of sp³-hybridized carbons (Fsp3) is 0.400. The van der Waals surface area contributed by atoms with E-state index in [-0.39, 0.29) is 17.9 Å². The van der Waals surface area contributed by atoms with Gasteiger partial charge in [-0.15, -0.1) is 0 Å². The number of carbonyl (C=O) groups excluding carboxylic acids is 1. The van der Waals surface area contributed by atoms with Gasteiger partial charge in [0.1, 0.15) is 11.3 Å². The summed E-state index contributed by atoms with van der Waals surface area (Å²) in [6.07, 6.45) is 0.531. The minimum Gasteiger partial charge on any atom is -0.461 e. The van der Waals surface area contributed by atoms with Crippen molar-refractivity contribution in [3.05, 3.63) is 36.1 Å². The van der Waals surface area contributed by atoms with Gasteiger partial charge in [-0.2, -0.15) is 0 Å². The van der Waals surface area contributed by atoms with Gasteiger partial charge in [-0.1, -0.05) is 18.2 Å². The fourth-order valence-electron chi connectivity index (χ4n) is 2.07. The second kappa shape index (κ2) is 5.89. The van der Waals surface area contributed by atoms with Crippen LogP contribution in [0.5, 0.6) is 0 Å². The molecule has 1 heterocycles. The summed E-state index contributed by atoms with van der Waals surface area (Å²) in [6.45, 7) is 4.19. The smallest absolute Gasteiger partial charge is 0.225 e. The zero-order valence-electron chi connectivity index (χ0n) is 11.3. The molecule has 1 unspecified atom stereocenters. The van der Waals surface area contributed by atoms with Crippen LogP contribution in [0.2, 0.25) is 0 Å². The molecule has 1 amide bonds. The highest BCUT2D eigenvalue weighted by molar-refractivity contribution is 5.80. The van der Waals surface area contributed by atoms with Crippen LogP contribution >= 0.6 is 0 Å². The maximum absolute atomic E-state index is 12.0. The Morgan fingerprint density at radius 1 is 1.37 bits per heavy atom. The molecule has 1 atom stereocenters. The third kappa shape index (κ3) is 3.35. The first-order valence-corrected chi connectivity index (χ1v) is 6.58. The molecule has 0 fully saturated rings. The Bertz CT molecular complexity index is 527. The van der Waals surface area contributed by atoms with Crippen LogP contribution in [0.25, 0.3) is 11.0 Å². The molecule has 0 radical (unpaired) electrons. The topological polar surface area (TPSA) is 68.3 Å². The van der Waals surface area contributed by atoms with Crippen LogP contribution < -0.4 is 11.1 Å². The summed E-state index contributed by atoms with van der Waals surface area (Å²) in [5, 5.41) is 3.94. The van der Waals surface area contributed by atoms with Crippen LogP contribution in [-0.2, 0) is 11.2 Å². The zero-order valence-corrected chi connectivity index (χ0v) is 11.3. The van der Waals surface area contributed by atoms with E-state index in [1.807, 2.05) is 44.2 Å². The van der Waals surface area contributed by atoms with Gasteiger partial charge >= 0.3 is 0 Å². The van der Waals surface area contributed by atoms with Gasteiger partial charge in [-0.05, 0) is 26.0 Å². The van der Waals surface area contributed by atoms with Crippen molar-refractivity contribution in [2.75, 3.05) is 6.54 Å². The number of fused-ring (bicyclic) bond motifs is 1. The molecule has 2 rings (SSSR count). The molecule has 0 bridgehead atoms. The van der Waals surface area contributed by atoms with E-state index < -0.39 is 0 Å². The van der Waals surface area contributed by atoms with E-state index in [2.05, 4.69) is 5.32 Å². The number of hydrogen-bond donors (Lipinski definition) is 2. The van der Waals surface area contributed by atoms with E-state index >= 15 is 0 Å². The Balaban J connectivity index is 2.11. The molecule has 2 aromatic rings. The first-order chi connectivity index (χ1) is 9.10. The lowest BCUT2D eigenvalue weighted by atomic mass is 10.0. The average molecular weight is 260 g/mol. The first-order valence-electron chi connectivity index (χ1n) is 6.58. The quantitative estimate of drug-likeness (QED) is 0.864. The molecule has 102 valence electrons. The van der Waals surface area contributed by atoms with Crippen LogP contribution in [-0.4, -0.2) is 18.5 Å². The van der Waals surface area contributed by atoms with Crippen molar-refractivity contribution in [1.82, 2.24) is 5.32 Å². The van der Waals surface area contributed by atoms with Gasteiger partial charge < -0.3 is 15.5 Å². The van der Waals surface area contributed by atoms with E-state index in [0.717, 1.165) is 16.7 Å². The van der Waals surface area contributed by atoms with E-state index in [1.165, 1.54) is 0 Å². The van der Waals surface area contributed by atoms with E-state index in [1.54, 1.807) is 0 Å². The van der Waals surface area contributed by atoms with Crippen LogP contribution in [0.15, 0.2) is 34.7 Å². The number of hydrogen-bond acceptors (Lipinski definition) is 3. The summed E-state index contributed by atoms with van der Waals surface area (Å²) in [4.78, 5) is 12.0. The third-order valence-electron chi connectivity index (χ3n) is 3.01. The predicted octanol–water partition coefficient (Wildman–Crippen LogP) is 2.07. The Morgan fingerprint density at radius 2 is 2.11 bits per heavy atom. The highest BCUT2D eigenvalue weighted by Crippen LogP contribution is 2.21. The maximum atomic E-state index is 12.0. The Morgan fingerprint density at radius 3 is 2.74 bits per heavy atom. The molecule has 1 aromatic heterocycles. The Kier molecular flexibility index (Phi) is 4.22. The fourth-order valence-corrected chi connectivity index (χ4v) is 2.07. The average Bonchev–Trinajstić information content (AvgIpc) is 2.77. The lowest BCUT2D eigenvalue weighted by Gasteiger charge is -2.15. The van der Waals surface area contributed by atoms with Gasteiger partial charge in [0.15, 0.2) is 0 Å². The molecule has 4 heteroatoms. The van der Waals surface area contributed by atoms with E-state index in [9.17, 15) is 4.79 Å². The van der Waals surface area contributed by atoms with Gasteiger partial charge in [0.2, 0.25) is 5.91 Å². The summed E-state index contributed by atoms with van der Waals surface area (Å²) >= 11 is 0. The van der Waals surface area contributed by atoms with Crippen LogP contribution in [0.4, 0.5) is 0 Å². The SMILES string of the molecule is CC(C)NC(=O)C(CN)Cc1cc2ccccc2o1. The molecule has 3 N–H and O–H groups in total. The molecular weight excluding hydrogens is 240 g/mol. The van der Waals surface area contributed by atoms with Crippen molar-refractivity contribution in [3.8, 4) is 0 Å². The number of nitrogens with one attached hydrogen (secondary N) is 1. The standard InChI is InChI=1S/C15H20N2O2/c1-10(2)17-15(18)12(9-16)8-13-7-11-5-3-4-6-14(11)19-13/h3-7,10,12H,8-9,16H2,1-2H3,(H,17,18). The lowest BCUT2D eigenvalue weighted by molar-refractivity contribution is -0.125. The van der Waals surface area contributed by atoms with Crippen molar-refractivity contribution < 1.29 is 9.21 Å². The van der Waals surface area contributed by atoms with Crippen molar-refractivity contribution >= 4 is 16.9 Å². The van der Waals surface area contributed by atoms with E-state index in [0.29, 0.717) is 13.0 Å². The lowest BCUT2D eigenvalue weighted by Crippen LogP contribution is -2.39. The van der Waals surface area contributed by atoms with Crippen molar-refractivity contribution in [2.24, 2.45) is 11.7 Å². The normalized spacial score (nSPS) is 12.8. The van der Waals surface area contributed by atoms with Crippen molar-refractivity contribution in [1.29, 1.82) is 0 Å². The first kappa shape index (κ1) is 13.6. The molecule has 0 saturated carbocycles. The minimum atomic E-state index is -0.247. The zero-order chi connectivity index (χ0) is 13.8. The number of nitrogens with two attached hydrogens (primary N) is 1. The van der Waals surface area contributed by atoms with Crippen LogP contribution in [0, 0.1) is 5.92 Å². The monoisotopic (exact) mass is 260 g/mol. The molecular formula is C15H20N2O2. The molecule has 0 aliphatic carbocycles. The van der Waals surface area contributed by atoms with Gasteiger partial charge in [0.05, 0.1) is 5.92 Å². The number of benzene rings is 1. The van der Waals surface area contributed by atoms with Crippen LogP contribution in [0.1, 0.15) is 19.6 Å². The van der Waals surface area contributed by atoms with Gasteiger partial charge in [-0.3, -0.25) is 4.79 Å². The summed E-state index contributed by atoms with van der Waals surface area (Å²) in [5.41, 5.74) is 6.53. The number of para-hydroxylation sites is 1. The van der Waals surface area contributed by atoms with Gasteiger partial charge in [0, 0.05) is 24.4 Å². The molecule has 0 spiro atoms. The second-order valence-corrected chi connectivity index (χ2v) is 5.05. The van der Waals surface area contributed by atoms with Crippen molar-refractivity contribution in [2.45, 2.75) is 26.3 Å². The summed E-state index contributed by atoms with van der Waals surface area (Å²) in [6, 6.07) is 9.91. The Hall–Kier alpha value is -1.81. The molecule has 4 nitrogen and oxygen atoms in total. The van der Waals surface area contributed by atoms with Gasteiger partial charge in [0.25, 0.3) is 0 Å². The number of carbonyl (C=O) groups is 1. The summed E-state index contributed by atoms with van der Waals surface area (Å²) in [7, 11) is 0. The van der Waals surface area contributed by atoms with E-state index in [4.69, 9.17) is 10.2 Å². The molecule has 1 aromatic carbocycles. The summed E-state index contributed by atoms with van der Waals surface area (Å²) in [5.74, 6) is 0.538. The number of rotatable bonds is 5. The predicted molar refractivity (Wildman–Crippen MR) is 75.7 cm³/mol. The van der Waals surface area contributed by atoms with Crippen molar-refractivity contribution in [3.63, 3.8) is 0 Å².